The standard InChI is InChI=1S/C15H15ClN2O2/c1-2-20-15(19)12-6-7-14(18-10-12)17-9-11-4-3-5-13(16)8-11/h3-8,10H,2,9H2,1H3,(H,17,18). The number of nitrogens with one attached hydrogen (secondary N) is 1. The summed E-state index contributed by atoms with van der Waals surface area (Å²) >= 11 is 5.92. The minimum absolute atomic E-state index is 0.355. The van der Waals surface area contributed by atoms with Gasteiger partial charge in [0.15, 0.2) is 0 Å². The maximum Gasteiger partial charge on any atom is 0.339 e. The van der Waals surface area contributed by atoms with E-state index in [2.05, 4.69) is 10.3 Å². The van der Waals surface area contributed by atoms with Gasteiger partial charge in [0, 0.05) is 17.8 Å². The number of halogens is 1. The number of nitrogens with zero attached hydrogens (tertiary/aromatic N) is 1. The molecule has 0 atom stereocenters. The fourth-order valence-corrected chi connectivity index (χ4v) is 1.89. The summed E-state index contributed by atoms with van der Waals surface area (Å²) in [7, 11) is 0. The molecule has 20 heavy (non-hydrogen) atoms. The number of esters is 1. The molecule has 104 valence electrons. The van der Waals surface area contributed by atoms with Gasteiger partial charge in [-0.15, -0.1) is 0 Å². The van der Waals surface area contributed by atoms with Gasteiger partial charge in [0.25, 0.3) is 0 Å². The van der Waals surface area contributed by atoms with Crippen molar-refractivity contribution >= 4 is 23.4 Å². The molecule has 0 radical (unpaired) electrons. The maximum absolute atomic E-state index is 11.5. The van der Waals surface area contributed by atoms with Crippen molar-refractivity contribution in [3.05, 3.63) is 58.7 Å². The summed E-state index contributed by atoms with van der Waals surface area (Å²) in [5.74, 6) is 0.333. The van der Waals surface area contributed by atoms with Gasteiger partial charge in [-0.2, -0.15) is 0 Å². The van der Waals surface area contributed by atoms with E-state index in [0.717, 1.165) is 5.56 Å². The molecule has 5 heteroatoms. The van der Waals surface area contributed by atoms with Gasteiger partial charge < -0.3 is 10.1 Å². The minimum atomic E-state index is -0.360. The Hall–Kier alpha value is -2.07. The highest BCUT2D eigenvalue weighted by atomic mass is 35.5. The number of benzene rings is 1. The molecule has 0 aliphatic heterocycles. The number of carbonyl (C=O) groups is 1. The van der Waals surface area contributed by atoms with Gasteiger partial charge >= 0.3 is 5.97 Å². The van der Waals surface area contributed by atoms with Gasteiger partial charge in [0.1, 0.15) is 5.82 Å². The van der Waals surface area contributed by atoms with Gasteiger partial charge in [-0.1, -0.05) is 23.7 Å². The summed E-state index contributed by atoms with van der Waals surface area (Å²) in [6, 6.07) is 11.0. The van der Waals surface area contributed by atoms with Crippen molar-refractivity contribution in [3.63, 3.8) is 0 Å². The molecule has 2 aromatic rings. The van der Waals surface area contributed by atoms with Crippen LogP contribution in [-0.2, 0) is 11.3 Å². The first-order valence-corrected chi connectivity index (χ1v) is 6.68. The van der Waals surface area contributed by atoms with Crippen molar-refractivity contribution in [2.45, 2.75) is 13.5 Å². The van der Waals surface area contributed by atoms with E-state index in [-0.39, 0.29) is 5.97 Å². The summed E-state index contributed by atoms with van der Waals surface area (Å²) in [6.07, 6.45) is 1.50. The number of aromatic nitrogens is 1. The van der Waals surface area contributed by atoms with Gasteiger partial charge in [0.05, 0.1) is 12.2 Å². The van der Waals surface area contributed by atoms with Crippen LogP contribution in [0.2, 0.25) is 5.02 Å². The largest absolute Gasteiger partial charge is 0.462 e. The normalized spacial score (nSPS) is 10.1. The number of anilines is 1. The molecule has 1 aromatic carbocycles. The van der Waals surface area contributed by atoms with Crippen LogP contribution in [0.15, 0.2) is 42.6 Å². The number of ether oxygens (including phenoxy) is 1. The van der Waals surface area contributed by atoms with Gasteiger partial charge in [-0.05, 0) is 36.8 Å². The van der Waals surface area contributed by atoms with Crippen LogP contribution in [0.5, 0.6) is 0 Å². The van der Waals surface area contributed by atoms with E-state index < -0.39 is 0 Å². The molecule has 0 bridgehead atoms. The molecule has 1 N–H and O–H groups in total. The molecule has 0 fully saturated rings. The topological polar surface area (TPSA) is 51.2 Å². The summed E-state index contributed by atoms with van der Waals surface area (Å²) in [6.45, 7) is 2.74. The predicted octanol–water partition coefficient (Wildman–Crippen LogP) is 3.52. The van der Waals surface area contributed by atoms with Gasteiger partial charge in [-0.3, -0.25) is 0 Å². The van der Waals surface area contributed by atoms with Crippen molar-refractivity contribution in [1.82, 2.24) is 4.98 Å². The van der Waals surface area contributed by atoms with E-state index in [1.54, 1.807) is 19.1 Å². The summed E-state index contributed by atoms with van der Waals surface area (Å²) in [5.41, 5.74) is 1.51. The minimum Gasteiger partial charge on any atom is -0.462 e. The molecule has 0 amide bonds. The average Bonchev–Trinajstić information content (AvgIpc) is 2.46. The number of rotatable bonds is 5. The molecule has 0 aliphatic carbocycles. The molecule has 1 aromatic heterocycles. The van der Waals surface area contributed by atoms with Crippen molar-refractivity contribution in [2.24, 2.45) is 0 Å². The third-order valence-electron chi connectivity index (χ3n) is 2.64. The Morgan fingerprint density at radius 2 is 2.20 bits per heavy atom. The van der Waals surface area contributed by atoms with Crippen LogP contribution >= 0.6 is 11.6 Å². The fraction of sp³-hybridized carbons (Fsp3) is 0.200. The number of hydrogen-bond acceptors (Lipinski definition) is 4. The molecular formula is C15H15ClN2O2. The fourth-order valence-electron chi connectivity index (χ4n) is 1.67. The smallest absolute Gasteiger partial charge is 0.339 e. The lowest BCUT2D eigenvalue weighted by atomic mass is 10.2. The second kappa shape index (κ2) is 6.91. The maximum atomic E-state index is 11.5. The third kappa shape index (κ3) is 3.96. The van der Waals surface area contributed by atoms with Crippen LogP contribution in [0.3, 0.4) is 0 Å². The van der Waals surface area contributed by atoms with Crippen molar-refractivity contribution < 1.29 is 9.53 Å². The summed E-state index contributed by atoms with van der Waals surface area (Å²) in [4.78, 5) is 15.7. The molecule has 1 heterocycles. The molecule has 0 aliphatic rings. The molecule has 2 rings (SSSR count). The van der Waals surface area contributed by atoms with E-state index in [4.69, 9.17) is 16.3 Å². The molecule has 0 saturated carbocycles. The SMILES string of the molecule is CCOC(=O)c1ccc(NCc2cccc(Cl)c2)nc1. The Labute approximate surface area is 122 Å². The lowest BCUT2D eigenvalue weighted by Gasteiger charge is -2.07. The highest BCUT2D eigenvalue weighted by Gasteiger charge is 2.06. The number of carbonyl (C=O) groups excluding carboxylic acids is 1. The summed E-state index contributed by atoms with van der Waals surface area (Å²) in [5, 5.41) is 3.87. The van der Waals surface area contributed by atoms with Gasteiger partial charge in [0.2, 0.25) is 0 Å². The molecular weight excluding hydrogens is 276 g/mol. The third-order valence-corrected chi connectivity index (χ3v) is 2.87. The lowest BCUT2D eigenvalue weighted by Crippen LogP contribution is -2.06. The first kappa shape index (κ1) is 14.3. The van der Waals surface area contributed by atoms with Crippen molar-refractivity contribution in [1.29, 1.82) is 0 Å². The Bertz CT molecular complexity index is 585. The first-order valence-electron chi connectivity index (χ1n) is 6.30. The van der Waals surface area contributed by atoms with Crippen molar-refractivity contribution in [3.8, 4) is 0 Å². The Balaban J connectivity index is 1.95. The highest BCUT2D eigenvalue weighted by Crippen LogP contribution is 2.13. The quantitative estimate of drug-likeness (QED) is 0.856. The Morgan fingerprint density at radius 3 is 2.85 bits per heavy atom. The first-order chi connectivity index (χ1) is 9.69. The zero-order valence-electron chi connectivity index (χ0n) is 11.1. The van der Waals surface area contributed by atoms with E-state index in [9.17, 15) is 4.79 Å². The zero-order valence-corrected chi connectivity index (χ0v) is 11.9. The second-order valence-electron chi connectivity index (χ2n) is 4.14. The molecule has 0 unspecified atom stereocenters. The van der Waals surface area contributed by atoms with E-state index in [1.165, 1.54) is 6.20 Å². The highest BCUT2D eigenvalue weighted by molar-refractivity contribution is 6.30. The lowest BCUT2D eigenvalue weighted by molar-refractivity contribution is 0.0526. The van der Waals surface area contributed by atoms with E-state index in [0.29, 0.717) is 29.6 Å². The van der Waals surface area contributed by atoms with E-state index in [1.807, 2.05) is 24.3 Å². The Kier molecular flexibility index (Phi) is 4.96. The molecule has 0 spiro atoms. The zero-order chi connectivity index (χ0) is 14.4. The number of pyridine rings is 1. The second-order valence-corrected chi connectivity index (χ2v) is 4.57. The molecule has 0 saturated heterocycles. The average molecular weight is 291 g/mol. The van der Waals surface area contributed by atoms with Crippen LogP contribution in [0, 0.1) is 0 Å². The molecule has 4 nitrogen and oxygen atoms in total. The van der Waals surface area contributed by atoms with E-state index >= 15 is 0 Å². The van der Waals surface area contributed by atoms with Crippen LogP contribution in [0.4, 0.5) is 5.82 Å². The van der Waals surface area contributed by atoms with Crippen LogP contribution in [-0.4, -0.2) is 17.6 Å². The van der Waals surface area contributed by atoms with Crippen LogP contribution in [0.1, 0.15) is 22.8 Å². The van der Waals surface area contributed by atoms with Crippen molar-refractivity contribution in [2.75, 3.05) is 11.9 Å². The van der Waals surface area contributed by atoms with Crippen LogP contribution < -0.4 is 5.32 Å². The van der Waals surface area contributed by atoms with Crippen LogP contribution in [0.25, 0.3) is 0 Å². The van der Waals surface area contributed by atoms with Gasteiger partial charge in [-0.25, -0.2) is 9.78 Å². The Morgan fingerprint density at radius 1 is 1.35 bits per heavy atom. The number of hydrogen-bond donors (Lipinski definition) is 1. The monoisotopic (exact) mass is 290 g/mol. The summed E-state index contributed by atoms with van der Waals surface area (Å²) < 4.78 is 4.90. The predicted molar refractivity (Wildman–Crippen MR) is 79.0 cm³/mol.